The Balaban J connectivity index is 2.02. The van der Waals surface area contributed by atoms with Crippen LogP contribution in [0.1, 0.15) is 17.5 Å². The molecule has 1 N–H and O–H groups in total. The van der Waals surface area contributed by atoms with Crippen LogP contribution in [-0.2, 0) is 22.5 Å². The number of hydrogen-bond donors (Lipinski definition) is 1. The second-order valence-corrected chi connectivity index (χ2v) is 5.13. The molecular weight excluding hydrogens is 266 g/mol. The third-order valence-corrected chi connectivity index (χ3v) is 3.75. The van der Waals surface area contributed by atoms with E-state index in [-0.39, 0.29) is 11.9 Å². The van der Waals surface area contributed by atoms with Crippen molar-refractivity contribution < 1.29 is 9.53 Å². The summed E-state index contributed by atoms with van der Waals surface area (Å²) in [7, 11) is 1.61. The zero-order valence-electron chi connectivity index (χ0n) is 12.3. The first-order chi connectivity index (χ1) is 10.3. The molecule has 0 aromatic heterocycles. The molecule has 112 valence electrons. The molecule has 0 aliphatic carbocycles. The maximum Gasteiger partial charge on any atom is 0.240 e. The number of ether oxygens (including phenoxy) is 1. The number of methoxy groups -OCH3 is 1. The summed E-state index contributed by atoms with van der Waals surface area (Å²) in [6, 6.07) is 10.1. The maximum atomic E-state index is 12.6. The van der Waals surface area contributed by atoms with E-state index in [9.17, 15) is 4.79 Å². The van der Waals surface area contributed by atoms with E-state index in [1.54, 1.807) is 12.0 Å². The first-order valence-electron chi connectivity index (χ1n) is 7.21. The molecule has 0 spiro atoms. The SMILES string of the molecule is COCCN(CCC#N)C(=O)[C@@H]1Cc2ccccc2CN1. The standard InChI is InChI=1S/C16H21N3O2/c1-21-10-9-19(8-4-7-17)16(20)15-11-13-5-2-3-6-14(13)12-18-15/h2-3,5-6,15,18H,4,8-12H2,1H3/t15-/m0/s1. The number of carbonyl (C=O) groups excluding carboxylic acids is 1. The molecule has 1 aromatic rings. The van der Waals surface area contributed by atoms with Gasteiger partial charge >= 0.3 is 0 Å². The first kappa shape index (κ1) is 15.5. The minimum Gasteiger partial charge on any atom is -0.383 e. The molecule has 1 amide bonds. The van der Waals surface area contributed by atoms with Crippen molar-refractivity contribution in [2.75, 3.05) is 26.8 Å². The van der Waals surface area contributed by atoms with E-state index < -0.39 is 0 Å². The van der Waals surface area contributed by atoms with Gasteiger partial charge in [0.2, 0.25) is 5.91 Å². The number of amides is 1. The summed E-state index contributed by atoms with van der Waals surface area (Å²) in [4.78, 5) is 14.3. The van der Waals surface area contributed by atoms with Crippen molar-refractivity contribution in [1.29, 1.82) is 5.26 Å². The lowest BCUT2D eigenvalue weighted by molar-refractivity contribution is -0.134. The molecule has 0 saturated heterocycles. The third kappa shape index (κ3) is 4.03. The van der Waals surface area contributed by atoms with Gasteiger partial charge in [-0.1, -0.05) is 24.3 Å². The van der Waals surface area contributed by atoms with Gasteiger partial charge in [-0.25, -0.2) is 0 Å². The number of fused-ring (bicyclic) bond motifs is 1. The first-order valence-corrected chi connectivity index (χ1v) is 7.21. The zero-order valence-corrected chi connectivity index (χ0v) is 12.3. The molecule has 5 heteroatoms. The third-order valence-electron chi connectivity index (χ3n) is 3.75. The molecule has 1 heterocycles. The van der Waals surface area contributed by atoms with Gasteiger partial charge in [-0.2, -0.15) is 5.26 Å². The van der Waals surface area contributed by atoms with Gasteiger partial charge in [0.25, 0.3) is 0 Å². The van der Waals surface area contributed by atoms with Gasteiger partial charge in [0.1, 0.15) is 0 Å². The summed E-state index contributed by atoms with van der Waals surface area (Å²) in [5.41, 5.74) is 2.48. The summed E-state index contributed by atoms with van der Waals surface area (Å²) in [5.74, 6) is 0.0526. The lowest BCUT2D eigenvalue weighted by Gasteiger charge is -2.30. The molecule has 0 saturated carbocycles. The molecule has 1 aliphatic heterocycles. The molecule has 0 fully saturated rings. The van der Waals surface area contributed by atoms with E-state index in [0.29, 0.717) is 39.1 Å². The highest BCUT2D eigenvalue weighted by Gasteiger charge is 2.27. The molecule has 1 atom stereocenters. The Hall–Kier alpha value is -1.90. The molecule has 1 aliphatic rings. The fraction of sp³-hybridized carbons (Fsp3) is 0.500. The average Bonchev–Trinajstić information content (AvgIpc) is 2.54. The highest BCUT2D eigenvalue weighted by Crippen LogP contribution is 2.17. The number of nitriles is 1. The molecular formula is C16H21N3O2. The topological polar surface area (TPSA) is 65.4 Å². The number of carbonyl (C=O) groups is 1. The van der Waals surface area contributed by atoms with Crippen molar-refractivity contribution in [2.24, 2.45) is 0 Å². The Morgan fingerprint density at radius 1 is 1.43 bits per heavy atom. The number of rotatable bonds is 6. The molecule has 0 radical (unpaired) electrons. The Kier molecular flexibility index (Phi) is 5.73. The normalized spacial score (nSPS) is 16.9. The van der Waals surface area contributed by atoms with E-state index in [2.05, 4.69) is 23.5 Å². The predicted molar refractivity (Wildman–Crippen MR) is 79.5 cm³/mol. The summed E-state index contributed by atoms with van der Waals surface area (Å²) < 4.78 is 5.05. The van der Waals surface area contributed by atoms with Gasteiger partial charge in [0.05, 0.1) is 25.1 Å². The Labute approximate surface area is 125 Å². The van der Waals surface area contributed by atoms with Crippen LogP contribution >= 0.6 is 0 Å². The minimum absolute atomic E-state index is 0.0526. The lowest BCUT2D eigenvalue weighted by Crippen LogP contribution is -2.50. The largest absolute Gasteiger partial charge is 0.383 e. The van der Waals surface area contributed by atoms with Crippen molar-refractivity contribution >= 4 is 5.91 Å². The number of benzene rings is 1. The average molecular weight is 287 g/mol. The zero-order chi connectivity index (χ0) is 15.1. The molecule has 0 bridgehead atoms. The number of nitrogens with zero attached hydrogens (tertiary/aromatic N) is 2. The van der Waals surface area contributed by atoms with Gasteiger partial charge in [-0.05, 0) is 17.5 Å². The van der Waals surface area contributed by atoms with Gasteiger partial charge in [0, 0.05) is 26.7 Å². The molecule has 0 unspecified atom stereocenters. The van der Waals surface area contributed by atoms with E-state index in [1.807, 2.05) is 12.1 Å². The predicted octanol–water partition coefficient (Wildman–Crippen LogP) is 1.09. The lowest BCUT2D eigenvalue weighted by atomic mass is 9.95. The van der Waals surface area contributed by atoms with Crippen molar-refractivity contribution in [1.82, 2.24) is 10.2 Å². The summed E-state index contributed by atoms with van der Waals surface area (Å²) in [5, 5.41) is 12.0. The van der Waals surface area contributed by atoms with Crippen LogP contribution < -0.4 is 5.32 Å². The van der Waals surface area contributed by atoms with E-state index >= 15 is 0 Å². The van der Waals surface area contributed by atoms with Crippen molar-refractivity contribution in [3.05, 3.63) is 35.4 Å². The van der Waals surface area contributed by atoms with Crippen LogP contribution in [0.15, 0.2) is 24.3 Å². The summed E-state index contributed by atoms with van der Waals surface area (Å²) in [6.45, 7) is 2.18. The second kappa shape index (κ2) is 7.77. The number of hydrogen-bond acceptors (Lipinski definition) is 4. The molecule has 5 nitrogen and oxygen atoms in total. The van der Waals surface area contributed by atoms with Gasteiger partial charge in [-0.3, -0.25) is 4.79 Å². The van der Waals surface area contributed by atoms with Crippen LogP contribution in [0.2, 0.25) is 0 Å². The second-order valence-electron chi connectivity index (χ2n) is 5.13. The van der Waals surface area contributed by atoms with Crippen molar-refractivity contribution in [2.45, 2.75) is 25.4 Å². The van der Waals surface area contributed by atoms with Crippen LogP contribution in [0.3, 0.4) is 0 Å². The van der Waals surface area contributed by atoms with Crippen LogP contribution in [0.4, 0.5) is 0 Å². The molecule has 21 heavy (non-hydrogen) atoms. The van der Waals surface area contributed by atoms with Gasteiger partial charge in [0.15, 0.2) is 0 Å². The van der Waals surface area contributed by atoms with Crippen molar-refractivity contribution in [3.63, 3.8) is 0 Å². The van der Waals surface area contributed by atoms with Gasteiger partial charge in [-0.15, -0.1) is 0 Å². The highest BCUT2D eigenvalue weighted by atomic mass is 16.5. The van der Waals surface area contributed by atoms with E-state index in [1.165, 1.54) is 11.1 Å². The highest BCUT2D eigenvalue weighted by molar-refractivity contribution is 5.82. The Morgan fingerprint density at radius 2 is 2.19 bits per heavy atom. The Bertz CT molecular complexity index is 524. The minimum atomic E-state index is -0.213. The fourth-order valence-corrected chi connectivity index (χ4v) is 2.57. The summed E-state index contributed by atoms with van der Waals surface area (Å²) >= 11 is 0. The van der Waals surface area contributed by atoms with E-state index in [4.69, 9.17) is 10.00 Å². The van der Waals surface area contributed by atoms with Gasteiger partial charge < -0.3 is 15.0 Å². The number of nitrogens with one attached hydrogen (secondary N) is 1. The maximum absolute atomic E-state index is 12.6. The molecule has 1 aromatic carbocycles. The summed E-state index contributed by atoms with van der Waals surface area (Å²) in [6.07, 6.45) is 1.05. The van der Waals surface area contributed by atoms with Crippen LogP contribution in [0.5, 0.6) is 0 Å². The van der Waals surface area contributed by atoms with Crippen LogP contribution in [-0.4, -0.2) is 43.7 Å². The monoisotopic (exact) mass is 287 g/mol. The fourth-order valence-electron chi connectivity index (χ4n) is 2.57. The smallest absolute Gasteiger partial charge is 0.240 e. The van der Waals surface area contributed by atoms with Crippen LogP contribution in [0, 0.1) is 11.3 Å². The quantitative estimate of drug-likeness (QED) is 0.850. The van der Waals surface area contributed by atoms with E-state index in [0.717, 1.165) is 0 Å². The van der Waals surface area contributed by atoms with Crippen molar-refractivity contribution in [3.8, 4) is 6.07 Å². The molecule has 2 rings (SSSR count). The Morgan fingerprint density at radius 3 is 2.90 bits per heavy atom. The van der Waals surface area contributed by atoms with Crippen LogP contribution in [0.25, 0.3) is 0 Å².